The van der Waals surface area contributed by atoms with Crippen molar-refractivity contribution >= 4 is 22.6 Å². The molecule has 0 aliphatic carbocycles. The normalized spacial score (nSPS) is 13.9. The lowest BCUT2D eigenvalue weighted by Crippen LogP contribution is -2.49. The van der Waals surface area contributed by atoms with Gasteiger partial charge >= 0.3 is 0 Å². The molecule has 0 unspecified atom stereocenters. The van der Waals surface area contributed by atoms with Gasteiger partial charge in [0.2, 0.25) is 5.91 Å². The van der Waals surface area contributed by atoms with Gasteiger partial charge in [0, 0.05) is 31.6 Å². The molecule has 2 heterocycles. The lowest BCUT2D eigenvalue weighted by molar-refractivity contribution is -0.130. The number of rotatable bonds is 4. The van der Waals surface area contributed by atoms with Crippen LogP contribution in [-0.2, 0) is 11.2 Å². The Balaban J connectivity index is 1.48. The third-order valence-corrected chi connectivity index (χ3v) is 5.25. The summed E-state index contributed by atoms with van der Waals surface area (Å²) in [4.78, 5) is 21.3. The molecule has 6 nitrogen and oxygen atoms in total. The molecule has 1 amide bonds. The number of carbonyl (C=O) groups excluding carboxylic acids is 1. The van der Waals surface area contributed by atoms with Crippen LogP contribution in [0.2, 0.25) is 0 Å². The summed E-state index contributed by atoms with van der Waals surface area (Å²) in [6.07, 6.45) is 0.417. The quantitative estimate of drug-likeness (QED) is 0.689. The Labute approximate surface area is 169 Å². The van der Waals surface area contributed by atoms with Crippen LogP contribution in [0.5, 0.6) is 5.75 Å². The van der Waals surface area contributed by atoms with Crippen molar-refractivity contribution in [3.05, 3.63) is 65.7 Å². The fourth-order valence-corrected chi connectivity index (χ4v) is 3.64. The Bertz CT molecular complexity index is 1070. The van der Waals surface area contributed by atoms with Crippen molar-refractivity contribution in [2.45, 2.75) is 6.42 Å². The van der Waals surface area contributed by atoms with Crippen LogP contribution in [-0.4, -0.2) is 49.1 Å². The van der Waals surface area contributed by atoms with Gasteiger partial charge in [0.1, 0.15) is 17.6 Å². The molecule has 1 aromatic heterocycles. The summed E-state index contributed by atoms with van der Waals surface area (Å²) in [5, 5.41) is 10.5. The number of hydrogen-bond donors (Lipinski definition) is 0. The van der Waals surface area contributed by atoms with Crippen molar-refractivity contribution in [1.82, 2.24) is 9.88 Å². The third kappa shape index (κ3) is 3.99. The number of methoxy groups -OCH3 is 1. The highest BCUT2D eigenvalue weighted by Crippen LogP contribution is 2.27. The minimum Gasteiger partial charge on any atom is -0.497 e. The van der Waals surface area contributed by atoms with Crippen LogP contribution in [0.4, 0.5) is 5.82 Å². The fourth-order valence-electron chi connectivity index (χ4n) is 3.64. The van der Waals surface area contributed by atoms with Crippen LogP contribution in [0.3, 0.4) is 0 Å². The molecule has 29 heavy (non-hydrogen) atoms. The van der Waals surface area contributed by atoms with Crippen molar-refractivity contribution in [3.63, 3.8) is 0 Å². The van der Waals surface area contributed by atoms with Crippen molar-refractivity contribution in [1.29, 1.82) is 5.26 Å². The van der Waals surface area contributed by atoms with Gasteiger partial charge in [0.05, 0.1) is 24.6 Å². The minimum atomic E-state index is 0.134. The number of pyridine rings is 1. The highest BCUT2D eigenvalue weighted by Gasteiger charge is 2.24. The van der Waals surface area contributed by atoms with E-state index in [-0.39, 0.29) is 5.91 Å². The smallest absolute Gasteiger partial charge is 0.227 e. The van der Waals surface area contributed by atoms with Gasteiger partial charge in [-0.2, -0.15) is 5.26 Å². The zero-order valence-corrected chi connectivity index (χ0v) is 16.3. The molecule has 6 heteroatoms. The Morgan fingerprint density at radius 2 is 1.86 bits per heavy atom. The Kier molecular flexibility index (Phi) is 5.30. The predicted octanol–water partition coefficient (Wildman–Crippen LogP) is 3.01. The lowest BCUT2D eigenvalue weighted by atomic mass is 10.1. The van der Waals surface area contributed by atoms with Crippen molar-refractivity contribution < 1.29 is 9.53 Å². The summed E-state index contributed by atoms with van der Waals surface area (Å²) in [6, 6.07) is 19.6. The van der Waals surface area contributed by atoms with Crippen molar-refractivity contribution in [3.8, 4) is 11.8 Å². The summed E-state index contributed by atoms with van der Waals surface area (Å²) < 4.78 is 5.26. The minimum absolute atomic E-state index is 0.134. The summed E-state index contributed by atoms with van der Waals surface area (Å²) in [5.41, 5.74) is 2.38. The van der Waals surface area contributed by atoms with Gasteiger partial charge in [-0.05, 0) is 29.8 Å². The molecule has 4 rings (SSSR count). The van der Waals surface area contributed by atoms with Crippen LogP contribution in [0.25, 0.3) is 10.9 Å². The zero-order valence-electron chi connectivity index (χ0n) is 16.3. The van der Waals surface area contributed by atoms with Crippen molar-refractivity contribution in [2.75, 3.05) is 38.2 Å². The molecular weight excluding hydrogens is 364 g/mol. The van der Waals surface area contributed by atoms with E-state index in [1.165, 1.54) is 0 Å². The van der Waals surface area contributed by atoms with E-state index >= 15 is 0 Å². The molecule has 0 N–H and O–H groups in total. The number of fused-ring (bicyclic) bond motifs is 1. The van der Waals surface area contributed by atoms with Crippen LogP contribution in [0, 0.1) is 11.3 Å². The molecule has 146 valence electrons. The predicted molar refractivity (Wildman–Crippen MR) is 112 cm³/mol. The summed E-state index contributed by atoms with van der Waals surface area (Å²) in [5.74, 6) is 1.55. The summed E-state index contributed by atoms with van der Waals surface area (Å²) in [6.45, 7) is 2.56. The number of hydrogen-bond acceptors (Lipinski definition) is 5. The molecule has 1 fully saturated rings. The Hall–Kier alpha value is -3.59. The van der Waals surface area contributed by atoms with Gasteiger partial charge in [0.25, 0.3) is 0 Å². The molecule has 1 aliphatic rings. The first kappa shape index (κ1) is 18.8. The second kappa shape index (κ2) is 8.19. The number of amides is 1. The number of nitrogens with zero attached hydrogens (tertiary/aromatic N) is 4. The maximum absolute atomic E-state index is 12.6. The number of aromatic nitrogens is 1. The van der Waals surface area contributed by atoms with Crippen LogP contribution in [0.15, 0.2) is 54.6 Å². The van der Waals surface area contributed by atoms with E-state index < -0.39 is 0 Å². The standard InChI is InChI=1S/C23H22N4O2/c1-29-20-7-8-21-18(15-20)14-19(16-24)23(25-21)27-11-9-26(10-12-27)22(28)13-17-5-3-2-4-6-17/h2-8,14-15H,9-13H2,1H3. The van der Waals surface area contributed by atoms with Crippen LogP contribution < -0.4 is 9.64 Å². The molecule has 2 aromatic carbocycles. The molecule has 0 bridgehead atoms. The monoisotopic (exact) mass is 386 g/mol. The first-order valence-electron chi connectivity index (χ1n) is 9.63. The Morgan fingerprint density at radius 1 is 1.10 bits per heavy atom. The van der Waals surface area contributed by atoms with E-state index in [1.54, 1.807) is 7.11 Å². The van der Waals surface area contributed by atoms with Gasteiger partial charge in [-0.15, -0.1) is 0 Å². The maximum Gasteiger partial charge on any atom is 0.227 e. The molecule has 1 saturated heterocycles. The van der Waals surface area contributed by atoms with E-state index in [9.17, 15) is 10.1 Å². The van der Waals surface area contributed by atoms with E-state index in [0.29, 0.717) is 44.0 Å². The highest BCUT2D eigenvalue weighted by atomic mass is 16.5. The van der Waals surface area contributed by atoms with Gasteiger partial charge in [-0.3, -0.25) is 4.79 Å². The molecule has 1 aliphatic heterocycles. The maximum atomic E-state index is 12.6. The van der Waals surface area contributed by atoms with E-state index in [4.69, 9.17) is 9.72 Å². The fraction of sp³-hybridized carbons (Fsp3) is 0.261. The zero-order chi connectivity index (χ0) is 20.2. The van der Waals surface area contributed by atoms with E-state index in [1.807, 2.05) is 59.5 Å². The highest BCUT2D eigenvalue weighted by molar-refractivity contribution is 5.84. The Morgan fingerprint density at radius 3 is 2.55 bits per heavy atom. The second-order valence-electron chi connectivity index (χ2n) is 7.06. The van der Waals surface area contributed by atoms with Crippen LogP contribution >= 0.6 is 0 Å². The van der Waals surface area contributed by atoms with Gasteiger partial charge < -0.3 is 14.5 Å². The average Bonchev–Trinajstić information content (AvgIpc) is 2.78. The molecule has 3 aromatic rings. The second-order valence-corrected chi connectivity index (χ2v) is 7.06. The average molecular weight is 386 g/mol. The number of benzene rings is 2. The molecule has 0 radical (unpaired) electrons. The number of carbonyl (C=O) groups is 1. The summed E-state index contributed by atoms with van der Waals surface area (Å²) in [7, 11) is 1.62. The van der Waals surface area contributed by atoms with Gasteiger partial charge in [0.15, 0.2) is 0 Å². The largest absolute Gasteiger partial charge is 0.497 e. The molecule has 0 spiro atoms. The van der Waals surface area contributed by atoms with Crippen molar-refractivity contribution in [2.24, 2.45) is 0 Å². The number of piperazine rings is 1. The number of anilines is 1. The van der Waals surface area contributed by atoms with E-state index in [2.05, 4.69) is 11.0 Å². The molecule has 0 saturated carbocycles. The molecule has 0 atom stereocenters. The number of nitriles is 1. The SMILES string of the molecule is COc1ccc2nc(N3CCN(C(=O)Cc4ccccc4)CC3)c(C#N)cc2c1. The van der Waals surface area contributed by atoms with Gasteiger partial charge in [-0.25, -0.2) is 4.98 Å². The van der Waals surface area contributed by atoms with E-state index in [0.717, 1.165) is 22.2 Å². The summed E-state index contributed by atoms with van der Waals surface area (Å²) >= 11 is 0. The number of ether oxygens (including phenoxy) is 1. The molecular formula is C23H22N4O2. The van der Waals surface area contributed by atoms with Gasteiger partial charge in [-0.1, -0.05) is 30.3 Å². The first-order valence-corrected chi connectivity index (χ1v) is 9.63. The third-order valence-electron chi connectivity index (χ3n) is 5.25. The lowest BCUT2D eigenvalue weighted by Gasteiger charge is -2.36. The van der Waals surface area contributed by atoms with Crippen LogP contribution in [0.1, 0.15) is 11.1 Å². The topological polar surface area (TPSA) is 69.5 Å². The first-order chi connectivity index (χ1) is 14.2.